The lowest BCUT2D eigenvalue weighted by atomic mass is 10.00. The molecular formula is C15H16BrN3O. The summed E-state index contributed by atoms with van der Waals surface area (Å²) in [6.45, 7) is 3.75. The van der Waals surface area contributed by atoms with E-state index in [1.165, 1.54) is 0 Å². The van der Waals surface area contributed by atoms with Crippen molar-refractivity contribution in [1.82, 2.24) is 4.98 Å². The van der Waals surface area contributed by atoms with Gasteiger partial charge in [0.05, 0.1) is 5.92 Å². The van der Waals surface area contributed by atoms with E-state index in [4.69, 9.17) is 5.73 Å². The largest absolute Gasteiger partial charge is 0.399 e. The lowest BCUT2D eigenvalue weighted by molar-refractivity contribution is -0.117. The standard InChI is InChI=1S/C15H16BrN3O/c1-9-6-12(16)8-18-14(9)19-15(20)10(2)11-4-3-5-13(17)7-11/h3-8,10H,17H2,1-2H3,(H,18,19,20). The Labute approximate surface area is 126 Å². The van der Waals surface area contributed by atoms with Crippen LogP contribution in [0.3, 0.4) is 0 Å². The van der Waals surface area contributed by atoms with Crippen LogP contribution in [0.1, 0.15) is 24.0 Å². The molecule has 0 bridgehead atoms. The number of hydrogen-bond donors (Lipinski definition) is 2. The Balaban J connectivity index is 2.15. The number of nitrogen functional groups attached to an aromatic ring is 1. The van der Waals surface area contributed by atoms with Crippen LogP contribution in [0, 0.1) is 6.92 Å². The fraction of sp³-hybridized carbons (Fsp3) is 0.200. The molecule has 2 aromatic rings. The average molecular weight is 334 g/mol. The highest BCUT2D eigenvalue weighted by Crippen LogP contribution is 2.21. The first kappa shape index (κ1) is 14.5. The summed E-state index contributed by atoms with van der Waals surface area (Å²) in [4.78, 5) is 16.5. The number of pyridine rings is 1. The zero-order chi connectivity index (χ0) is 14.7. The molecule has 0 radical (unpaired) electrons. The maximum atomic E-state index is 12.3. The van der Waals surface area contributed by atoms with Crippen LogP contribution >= 0.6 is 15.9 Å². The van der Waals surface area contributed by atoms with Gasteiger partial charge in [0, 0.05) is 16.4 Å². The topological polar surface area (TPSA) is 68.0 Å². The van der Waals surface area contributed by atoms with Crippen molar-refractivity contribution in [2.45, 2.75) is 19.8 Å². The fourth-order valence-electron chi connectivity index (χ4n) is 1.88. The molecule has 1 atom stereocenters. The fourth-order valence-corrected chi connectivity index (χ4v) is 2.32. The molecule has 0 spiro atoms. The van der Waals surface area contributed by atoms with Crippen molar-refractivity contribution < 1.29 is 4.79 Å². The number of nitrogens with two attached hydrogens (primary N) is 1. The Morgan fingerprint density at radius 3 is 2.80 bits per heavy atom. The lowest BCUT2D eigenvalue weighted by Gasteiger charge is -2.14. The minimum atomic E-state index is -0.289. The maximum absolute atomic E-state index is 12.3. The number of aromatic nitrogens is 1. The first-order valence-electron chi connectivity index (χ1n) is 6.26. The van der Waals surface area contributed by atoms with Gasteiger partial charge in [-0.3, -0.25) is 4.79 Å². The zero-order valence-electron chi connectivity index (χ0n) is 11.4. The van der Waals surface area contributed by atoms with Crippen LogP contribution < -0.4 is 11.1 Å². The predicted octanol–water partition coefficient (Wildman–Crippen LogP) is 3.48. The van der Waals surface area contributed by atoms with E-state index in [9.17, 15) is 4.79 Å². The van der Waals surface area contributed by atoms with Gasteiger partial charge in [-0.2, -0.15) is 0 Å². The number of aryl methyl sites for hydroxylation is 1. The van der Waals surface area contributed by atoms with Crippen LogP contribution in [-0.2, 0) is 4.79 Å². The molecule has 4 nitrogen and oxygen atoms in total. The zero-order valence-corrected chi connectivity index (χ0v) is 12.9. The van der Waals surface area contributed by atoms with Gasteiger partial charge in [-0.1, -0.05) is 12.1 Å². The summed E-state index contributed by atoms with van der Waals surface area (Å²) in [5.41, 5.74) is 8.19. The predicted molar refractivity (Wildman–Crippen MR) is 84.6 cm³/mol. The summed E-state index contributed by atoms with van der Waals surface area (Å²) in [7, 11) is 0. The molecule has 1 amide bonds. The van der Waals surface area contributed by atoms with E-state index in [0.29, 0.717) is 11.5 Å². The van der Waals surface area contributed by atoms with E-state index in [2.05, 4.69) is 26.2 Å². The van der Waals surface area contributed by atoms with Crippen LogP contribution in [0.25, 0.3) is 0 Å². The molecule has 104 valence electrons. The van der Waals surface area contributed by atoms with E-state index in [0.717, 1.165) is 15.6 Å². The molecule has 0 saturated carbocycles. The molecule has 0 aliphatic carbocycles. The highest BCUT2D eigenvalue weighted by molar-refractivity contribution is 9.10. The van der Waals surface area contributed by atoms with E-state index >= 15 is 0 Å². The molecule has 20 heavy (non-hydrogen) atoms. The Morgan fingerprint density at radius 1 is 1.40 bits per heavy atom. The number of nitrogens with one attached hydrogen (secondary N) is 1. The third-order valence-electron chi connectivity index (χ3n) is 3.09. The third-order valence-corrected chi connectivity index (χ3v) is 3.52. The SMILES string of the molecule is Cc1cc(Br)cnc1NC(=O)C(C)c1cccc(N)c1. The number of nitrogens with zero attached hydrogens (tertiary/aromatic N) is 1. The van der Waals surface area contributed by atoms with Crippen LogP contribution in [0.5, 0.6) is 0 Å². The number of anilines is 2. The summed E-state index contributed by atoms with van der Waals surface area (Å²) < 4.78 is 0.886. The van der Waals surface area contributed by atoms with Crippen LogP contribution in [-0.4, -0.2) is 10.9 Å². The molecule has 1 aromatic carbocycles. The van der Waals surface area contributed by atoms with Gasteiger partial charge in [0.2, 0.25) is 5.91 Å². The highest BCUT2D eigenvalue weighted by atomic mass is 79.9. The van der Waals surface area contributed by atoms with Gasteiger partial charge >= 0.3 is 0 Å². The van der Waals surface area contributed by atoms with Gasteiger partial charge < -0.3 is 11.1 Å². The van der Waals surface area contributed by atoms with E-state index in [1.54, 1.807) is 12.3 Å². The normalized spacial score (nSPS) is 11.9. The van der Waals surface area contributed by atoms with Crippen molar-refractivity contribution in [3.05, 3.63) is 52.1 Å². The van der Waals surface area contributed by atoms with Gasteiger partial charge in [-0.05, 0) is 59.1 Å². The number of amides is 1. The molecular weight excluding hydrogens is 318 g/mol. The molecule has 1 aromatic heterocycles. The second kappa shape index (κ2) is 6.05. The van der Waals surface area contributed by atoms with Gasteiger partial charge in [0.25, 0.3) is 0 Å². The maximum Gasteiger partial charge on any atom is 0.232 e. The molecule has 5 heteroatoms. The number of halogens is 1. The van der Waals surface area contributed by atoms with E-state index in [-0.39, 0.29) is 11.8 Å². The monoisotopic (exact) mass is 333 g/mol. The van der Waals surface area contributed by atoms with Gasteiger partial charge in [0.1, 0.15) is 5.82 Å². The van der Waals surface area contributed by atoms with Crippen LogP contribution in [0.15, 0.2) is 41.0 Å². The summed E-state index contributed by atoms with van der Waals surface area (Å²) in [5, 5.41) is 2.84. The van der Waals surface area contributed by atoms with Gasteiger partial charge in [-0.25, -0.2) is 4.98 Å². The molecule has 1 unspecified atom stereocenters. The third kappa shape index (κ3) is 3.36. The number of carbonyl (C=O) groups excluding carboxylic acids is 1. The van der Waals surface area contributed by atoms with Crippen LogP contribution in [0.4, 0.5) is 11.5 Å². The molecule has 3 N–H and O–H groups in total. The first-order valence-corrected chi connectivity index (χ1v) is 7.05. The molecule has 1 heterocycles. The average Bonchev–Trinajstić information content (AvgIpc) is 2.41. The smallest absolute Gasteiger partial charge is 0.232 e. The number of hydrogen-bond acceptors (Lipinski definition) is 3. The molecule has 0 aliphatic heterocycles. The van der Waals surface area contributed by atoms with Crippen molar-refractivity contribution >= 4 is 33.3 Å². The summed E-state index contributed by atoms with van der Waals surface area (Å²) in [6.07, 6.45) is 1.66. The van der Waals surface area contributed by atoms with Crippen molar-refractivity contribution in [2.75, 3.05) is 11.1 Å². The molecule has 0 fully saturated rings. The minimum Gasteiger partial charge on any atom is -0.399 e. The van der Waals surface area contributed by atoms with Crippen LogP contribution in [0.2, 0.25) is 0 Å². The number of carbonyl (C=O) groups is 1. The summed E-state index contributed by atoms with van der Waals surface area (Å²) in [5.74, 6) is 0.186. The van der Waals surface area contributed by atoms with Crippen molar-refractivity contribution in [1.29, 1.82) is 0 Å². The van der Waals surface area contributed by atoms with Crippen molar-refractivity contribution in [2.24, 2.45) is 0 Å². The van der Waals surface area contributed by atoms with Crippen molar-refractivity contribution in [3.8, 4) is 0 Å². The Kier molecular flexibility index (Phi) is 4.39. The molecule has 0 saturated heterocycles. The lowest BCUT2D eigenvalue weighted by Crippen LogP contribution is -2.20. The minimum absolute atomic E-state index is 0.103. The highest BCUT2D eigenvalue weighted by Gasteiger charge is 2.16. The first-order chi connectivity index (χ1) is 9.47. The number of rotatable bonds is 3. The summed E-state index contributed by atoms with van der Waals surface area (Å²) in [6, 6.07) is 9.26. The second-order valence-corrected chi connectivity index (χ2v) is 5.62. The number of benzene rings is 1. The van der Waals surface area contributed by atoms with E-state index < -0.39 is 0 Å². The van der Waals surface area contributed by atoms with Crippen molar-refractivity contribution in [3.63, 3.8) is 0 Å². The Morgan fingerprint density at radius 2 is 2.15 bits per heavy atom. The molecule has 0 aliphatic rings. The molecule has 2 rings (SSSR count). The second-order valence-electron chi connectivity index (χ2n) is 4.70. The Bertz CT molecular complexity index is 643. The summed E-state index contributed by atoms with van der Waals surface area (Å²) >= 11 is 3.35. The van der Waals surface area contributed by atoms with Gasteiger partial charge in [-0.15, -0.1) is 0 Å². The quantitative estimate of drug-likeness (QED) is 0.845. The van der Waals surface area contributed by atoms with Gasteiger partial charge in [0.15, 0.2) is 0 Å². The van der Waals surface area contributed by atoms with E-state index in [1.807, 2.05) is 38.1 Å². The Hall–Kier alpha value is -1.88.